The molecule has 62 heavy (non-hydrogen) atoms. The van der Waals surface area contributed by atoms with Crippen molar-refractivity contribution in [2.45, 2.75) is 109 Å². The quantitative estimate of drug-likeness (QED) is 0.0366. The van der Waals surface area contributed by atoms with Crippen molar-refractivity contribution in [2.75, 3.05) is 27.4 Å². The van der Waals surface area contributed by atoms with Gasteiger partial charge in [0.2, 0.25) is 17.7 Å². The monoisotopic (exact) mass is 882 g/mol. The van der Waals surface area contributed by atoms with Crippen LogP contribution in [-0.4, -0.2) is 89.9 Å². The van der Waals surface area contributed by atoms with E-state index in [0.717, 1.165) is 24.2 Å². The van der Waals surface area contributed by atoms with Crippen LogP contribution in [0.3, 0.4) is 0 Å². The molecular weight excluding hydrogens is 831 g/mol. The van der Waals surface area contributed by atoms with Crippen molar-refractivity contribution >= 4 is 56.9 Å². The van der Waals surface area contributed by atoms with Gasteiger partial charge >= 0.3 is 11.9 Å². The van der Waals surface area contributed by atoms with Crippen LogP contribution in [0.15, 0.2) is 30.9 Å². The van der Waals surface area contributed by atoms with Gasteiger partial charge in [-0.1, -0.05) is 13.0 Å². The SMILES string of the molecule is C=CCCC(C)C1CC(=O)N([C@H]2CC[C@H](OC(=O)CCC(=O)c3cc4c(F)c(OCCCOc5c(OC)cc6c(c5F)CN(C(=O)CCC(=O)O)C6)c(OC)cc4s3)CC2)C1=O. The maximum atomic E-state index is 15.9. The largest absolute Gasteiger partial charge is 0.493 e. The number of amides is 3. The van der Waals surface area contributed by atoms with Gasteiger partial charge in [0.05, 0.1) is 45.2 Å². The lowest BCUT2D eigenvalue weighted by molar-refractivity contribution is -0.153. The number of esters is 1. The van der Waals surface area contributed by atoms with Gasteiger partial charge in [-0.25, -0.2) is 8.78 Å². The summed E-state index contributed by atoms with van der Waals surface area (Å²) in [6.45, 7) is 5.71. The Bertz CT molecular complexity index is 2220. The van der Waals surface area contributed by atoms with Crippen molar-refractivity contribution in [3.05, 3.63) is 58.5 Å². The molecule has 3 aromatic rings. The maximum absolute atomic E-state index is 15.9. The van der Waals surface area contributed by atoms with Gasteiger partial charge in [0.15, 0.2) is 40.4 Å². The molecule has 1 N–H and O–H groups in total. The molecule has 1 saturated carbocycles. The van der Waals surface area contributed by atoms with Crippen molar-refractivity contribution in [1.29, 1.82) is 0 Å². The molecule has 3 amide bonds. The lowest BCUT2D eigenvalue weighted by Crippen LogP contribution is -2.44. The predicted octanol–water partition coefficient (Wildman–Crippen LogP) is 7.55. The van der Waals surface area contributed by atoms with Gasteiger partial charge < -0.3 is 33.7 Å². The van der Waals surface area contributed by atoms with Gasteiger partial charge in [0.25, 0.3) is 0 Å². The minimum atomic E-state index is -1.10. The minimum Gasteiger partial charge on any atom is -0.493 e. The third kappa shape index (κ3) is 10.4. The Morgan fingerprint density at radius 1 is 0.919 bits per heavy atom. The number of carbonyl (C=O) groups excluding carboxylic acids is 5. The van der Waals surface area contributed by atoms with Crippen molar-refractivity contribution < 1.29 is 66.3 Å². The first-order chi connectivity index (χ1) is 29.7. The normalized spacial score (nSPS) is 19.0. The van der Waals surface area contributed by atoms with E-state index in [9.17, 15) is 28.8 Å². The van der Waals surface area contributed by atoms with Crippen LogP contribution in [0.25, 0.3) is 10.1 Å². The summed E-state index contributed by atoms with van der Waals surface area (Å²) in [6.07, 6.45) is 4.64. The molecule has 3 aliphatic rings. The molecule has 1 saturated heterocycles. The topological polar surface area (TPSA) is 175 Å². The first kappa shape index (κ1) is 45.9. The standard InChI is InChI=1S/C45H52F2N2O12S/c1-5-6-8-25(2)29-21-38(52)49(45(29)56)27-9-11-28(12-10-27)61-40(55)16-13-32(50)36-20-30-35(62-36)22-34(58-4)44(41(30)46)60-18-7-17-59-43-33(57-3)19-26-23-48(24-31(26)42(43)47)37(51)14-15-39(53)54/h5,19-20,22,25,27-29H,1,6-18,21,23-24H2,2-4H3,(H,53,54)/t25?,27-,28-,29?. The maximum Gasteiger partial charge on any atom is 0.306 e. The number of nitrogens with zero attached hydrogens (tertiary/aromatic N) is 2. The lowest BCUT2D eigenvalue weighted by Gasteiger charge is -2.33. The molecular formula is C45H52F2N2O12S. The molecule has 6 rings (SSSR count). The summed E-state index contributed by atoms with van der Waals surface area (Å²) in [5.41, 5.74) is 0.776. The number of halogens is 2. The predicted molar refractivity (Wildman–Crippen MR) is 222 cm³/mol. The van der Waals surface area contributed by atoms with Crippen LogP contribution in [-0.2, 0) is 41.8 Å². The Labute approximate surface area is 362 Å². The molecule has 2 unspecified atom stereocenters. The van der Waals surface area contributed by atoms with E-state index in [1.807, 2.05) is 13.0 Å². The third-order valence-electron chi connectivity index (χ3n) is 11.8. The molecule has 2 fully saturated rings. The summed E-state index contributed by atoms with van der Waals surface area (Å²) in [5.74, 6) is -4.47. The second-order valence-corrected chi connectivity index (χ2v) is 17.0. The number of ether oxygens (including phenoxy) is 5. The third-order valence-corrected chi connectivity index (χ3v) is 12.9. The fourth-order valence-electron chi connectivity index (χ4n) is 8.32. The summed E-state index contributed by atoms with van der Waals surface area (Å²) in [4.78, 5) is 78.4. The number of carboxylic acids is 1. The molecule has 3 heterocycles. The Morgan fingerprint density at radius 2 is 1.60 bits per heavy atom. The highest BCUT2D eigenvalue weighted by Crippen LogP contribution is 2.42. The Balaban J connectivity index is 0.971. The molecule has 1 aromatic heterocycles. The Morgan fingerprint density at radius 3 is 2.26 bits per heavy atom. The fraction of sp³-hybridized carbons (Fsp3) is 0.511. The molecule has 17 heteroatoms. The number of thiophene rings is 1. The molecule has 2 aliphatic heterocycles. The molecule has 0 radical (unpaired) electrons. The number of Topliss-reactive ketones (excluding diaryl/α,β-unsaturated/α-hetero) is 1. The van der Waals surface area contributed by atoms with E-state index in [2.05, 4.69) is 6.58 Å². The van der Waals surface area contributed by atoms with E-state index in [1.165, 1.54) is 30.1 Å². The summed E-state index contributed by atoms with van der Waals surface area (Å²) in [5, 5.41) is 9.04. The number of benzene rings is 2. The summed E-state index contributed by atoms with van der Waals surface area (Å²) in [7, 11) is 2.71. The summed E-state index contributed by atoms with van der Waals surface area (Å²) >= 11 is 1.06. The first-order valence-corrected chi connectivity index (χ1v) is 21.7. The number of rotatable bonds is 21. The van der Waals surface area contributed by atoms with E-state index in [-0.39, 0.29) is 145 Å². The molecule has 14 nitrogen and oxygen atoms in total. The van der Waals surface area contributed by atoms with Crippen molar-refractivity contribution in [2.24, 2.45) is 11.8 Å². The van der Waals surface area contributed by atoms with Crippen LogP contribution in [0, 0.1) is 23.5 Å². The van der Waals surface area contributed by atoms with Gasteiger partial charge in [-0.2, -0.15) is 0 Å². The number of aliphatic carboxylic acids is 1. The van der Waals surface area contributed by atoms with Crippen molar-refractivity contribution in [1.82, 2.24) is 9.80 Å². The van der Waals surface area contributed by atoms with Crippen LogP contribution in [0.4, 0.5) is 8.78 Å². The van der Waals surface area contributed by atoms with Crippen molar-refractivity contribution in [3.63, 3.8) is 0 Å². The van der Waals surface area contributed by atoms with Gasteiger partial charge in [-0.3, -0.25) is 33.7 Å². The number of fused-ring (bicyclic) bond motifs is 2. The van der Waals surface area contributed by atoms with Gasteiger partial charge in [-0.05, 0) is 62.1 Å². The van der Waals surface area contributed by atoms with Gasteiger partial charge in [0.1, 0.15) is 6.10 Å². The molecule has 0 bridgehead atoms. The first-order valence-electron chi connectivity index (χ1n) is 20.9. The zero-order chi connectivity index (χ0) is 44.7. The molecule has 2 atom stereocenters. The Kier molecular flexibility index (Phi) is 15.2. The number of ketones is 1. The second kappa shape index (κ2) is 20.5. The van der Waals surface area contributed by atoms with Crippen LogP contribution >= 0.6 is 11.3 Å². The van der Waals surface area contributed by atoms with E-state index in [1.54, 1.807) is 12.1 Å². The average molecular weight is 883 g/mol. The van der Waals surface area contributed by atoms with Crippen LogP contribution in [0.2, 0.25) is 0 Å². The van der Waals surface area contributed by atoms with E-state index >= 15 is 8.78 Å². The highest BCUT2D eigenvalue weighted by atomic mass is 32.1. The van der Waals surface area contributed by atoms with E-state index < -0.39 is 29.5 Å². The zero-order valence-electron chi connectivity index (χ0n) is 35.1. The number of carboxylic acid groups (broad SMARTS) is 1. The Hall–Kier alpha value is -5.58. The highest BCUT2D eigenvalue weighted by molar-refractivity contribution is 7.20. The van der Waals surface area contributed by atoms with Gasteiger partial charge in [-0.15, -0.1) is 17.9 Å². The summed E-state index contributed by atoms with van der Waals surface area (Å²) in [6, 6.07) is 4.33. The van der Waals surface area contributed by atoms with E-state index in [4.69, 9.17) is 28.8 Å². The molecule has 2 aromatic carbocycles. The number of hydrogen-bond acceptors (Lipinski definition) is 12. The zero-order valence-corrected chi connectivity index (χ0v) is 36.0. The smallest absolute Gasteiger partial charge is 0.306 e. The average Bonchev–Trinajstić information content (AvgIpc) is 3.97. The highest BCUT2D eigenvalue weighted by Gasteiger charge is 2.45. The second-order valence-electron chi connectivity index (χ2n) is 15.9. The summed E-state index contributed by atoms with van der Waals surface area (Å²) < 4.78 is 59.8. The molecule has 0 spiro atoms. The number of allylic oxidation sites excluding steroid dienone is 1. The van der Waals surface area contributed by atoms with Crippen LogP contribution in [0.5, 0.6) is 23.0 Å². The minimum absolute atomic E-state index is 0.0400. The molecule has 1 aliphatic carbocycles. The van der Waals surface area contributed by atoms with Crippen LogP contribution in [0.1, 0.15) is 105 Å². The fourth-order valence-corrected chi connectivity index (χ4v) is 9.37. The van der Waals surface area contributed by atoms with E-state index in [0.29, 0.717) is 35.9 Å². The number of likely N-dealkylation sites (tertiary alicyclic amines) is 1. The molecule has 334 valence electrons. The van der Waals surface area contributed by atoms with Gasteiger partial charge in [0, 0.05) is 72.4 Å². The van der Waals surface area contributed by atoms with Crippen LogP contribution < -0.4 is 18.9 Å². The number of methoxy groups -OCH3 is 2. The number of hydrogen-bond donors (Lipinski definition) is 1. The number of imide groups is 1. The van der Waals surface area contributed by atoms with Crippen molar-refractivity contribution in [3.8, 4) is 23.0 Å². The lowest BCUT2D eigenvalue weighted by atomic mass is 9.88. The number of carbonyl (C=O) groups is 6.